The van der Waals surface area contributed by atoms with Gasteiger partial charge in [0.15, 0.2) is 11.0 Å². The van der Waals surface area contributed by atoms with Crippen LogP contribution in [0.15, 0.2) is 59.8 Å². The van der Waals surface area contributed by atoms with E-state index in [-0.39, 0.29) is 22.9 Å². The van der Waals surface area contributed by atoms with Crippen LogP contribution in [0.2, 0.25) is 0 Å². The molecule has 1 N–H and O–H groups in total. The fourth-order valence-electron chi connectivity index (χ4n) is 2.80. The maximum absolute atomic E-state index is 14.0. The molecule has 0 aliphatic heterocycles. The molecule has 5 nitrogen and oxygen atoms in total. The predicted molar refractivity (Wildman–Crippen MR) is 110 cm³/mol. The molecule has 3 rings (SSSR count). The smallest absolute Gasteiger partial charge is 0.233 e. The largest absolute Gasteiger partial charge is 0.355 e. The normalized spacial score (nSPS) is 13.1. The zero-order valence-electron chi connectivity index (χ0n) is 16.1. The second-order valence-electron chi connectivity index (χ2n) is 6.66. The number of thioether (sulfide) groups is 1. The first kappa shape index (κ1) is 20.1. The van der Waals surface area contributed by atoms with Crippen molar-refractivity contribution in [2.24, 2.45) is 7.05 Å². The van der Waals surface area contributed by atoms with Crippen LogP contribution in [-0.4, -0.2) is 32.5 Å². The highest BCUT2D eigenvalue weighted by Gasteiger charge is 2.20. The van der Waals surface area contributed by atoms with E-state index in [0.29, 0.717) is 23.1 Å². The third-order valence-corrected chi connectivity index (χ3v) is 5.69. The number of nitrogens with one attached hydrogen (secondary N) is 1. The Hall–Kier alpha value is -2.67. The van der Waals surface area contributed by atoms with Gasteiger partial charge in [-0.15, -0.1) is 10.2 Å². The van der Waals surface area contributed by atoms with Crippen molar-refractivity contribution in [3.63, 3.8) is 0 Å². The lowest BCUT2D eigenvalue weighted by molar-refractivity contribution is -0.120. The minimum Gasteiger partial charge on any atom is -0.355 e. The quantitative estimate of drug-likeness (QED) is 0.611. The van der Waals surface area contributed by atoms with Gasteiger partial charge >= 0.3 is 0 Å². The summed E-state index contributed by atoms with van der Waals surface area (Å²) in [5.74, 6) is 0.245. The SMILES string of the molecule is CC(Sc1nnc(-c2ccccc2F)n1C)C(=O)NCC(C)c1ccccc1. The lowest BCUT2D eigenvalue weighted by Gasteiger charge is -2.15. The molecule has 1 heterocycles. The number of amides is 1. The van der Waals surface area contributed by atoms with Gasteiger partial charge in [0.25, 0.3) is 0 Å². The molecule has 3 aromatic rings. The molecule has 0 bridgehead atoms. The minimum absolute atomic E-state index is 0.0665. The van der Waals surface area contributed by atoms with E-state index in [1.165, 1.54) is 23.4 Å². The van der Waals surface area contributed by atoms with Crippen LogP contribution in [-0.2, 0) is 11.8 Å². The molecular formula is C21H23FN4OS. The molecule has 1 aromatic heterocycles. The van der Waals surface area contributed by atoms with Crippen LogP contribution >= 0.6 is 11.8 Å². The average molecular weight is 399 g/mol. The Labute approximate surface area is 168 Å². The van der Waals surface area contributed by atoms with Gasteiger partial charge in [-0.1, -0.05) is 61.2 Å². The Morgan fingerprint density at radius 3 is 2.50 bits per heavy atom. The summed E-state index contributed by atoms with van der Waals surface area (Å²) in [7, 11) is 1.77. The van der Waals surface area contributed by atoms with Crippen molar-refractivity contribution in [2.45, 2.75) is 30.2 Å². The summed E-state index contributed by atoms with van der Waals surface area (Å²) < 4.78 is 15.7. The van der Waals surface area contributed by atoms with Crippen LogP contribution in [0.3, 0.4) is 0 Å². The van der Waals surface area contributed by atoms with Crippen molar-refractivity contribution in [3.05, 3.63) is 66.0 Å². The maximum Gasteiger partial charge on any atom is 0.233 e. The zero-order chi connectivity index (χ0) is 20.1. The summed E-state index contributed by atoms with van der Waals surface area (Å²) in [5.41, 5.74) is 1.57. The monoisotopic (exact) mass is 398 g/mol. The van der Waals surface area contributed by atoms with Crippen molar-refractivity contribution < 1.29 is 9.18 Å². The van der Waals surface area contributed by atoms with Gasteiger partial charge in [-0.05, 0) is 30.5 Å². The first-order chi connectivity index (χ1) is 13.5. The molecular weight excluding hydrogens is 375 g/mol. The van der Waals surface area contributed by atoms with E-state index in [1.807, 2.05) is 25.1 Å². The number of carbonyl (C=O) groups is 1. The summed E-state index contributed by atoms with van der Waals surface area (Å²) in [6.45, 7) is 4.47. The summed E-state index contributed by atoms with van der Waals surface area (Å²) in [4.78, 5) is 12.5. The van der Waals surface area contributed by atoms with E-state index in [2.05, 4.69) is 34.6 Å². The third-order valence-electron chi connectivity index (χ3n) is 4.55. The van der Waals surface area contributed by atoms with Crippen molar-refractivity contribution in [1.29, 1.82) is 0 Å². The second-order valence-corrected chi connectivity index (χ2v) is 7.97. The van der Waals surface area contributed by atoms with E-state index in [1.54, 1.807) is 29.8 Å². The fourth-order valence-corrected chi connectivity index (χ4v) is 3.64. The number of rotatable bonds is 7. The second kappa shape index (κ2) is 9.01. The van der Waals surface area contributed by atoms with Crippen LogP contribution in [0.25, 0.3) is 11.4 Å². The van der Waals surface area contributed by atoms with Gasteiger partial charge in [0, 0.05) is 13.6 Å². The van der Waals surface area contributed by atoms with E-state index >= 15 is 0 Å². The Morgan fingerprint density at radius 1 is 1.11 bits per heavy atom. The van der Waals surface area contributed by atoms with Crippen molar-refractivity contribution >= 4 is 17.7 Å². The van der Waals surface area contributed by atoms with Gasteiger partial charge in [0.05, 0.1) is 10.8 Å². The van der Waals surface area contributed by atoms with Crippen LogP contribution in [0, 0.1) is 5.82 Å². The Bertz CT molecular complexity index is 945. The first-order valence-corrected chi connectivity index (χ1v) is 9.99. The van der Waals surface area contributed by atoms with E-state index in [9.17, 15) is 9.18 Å². The lowest BCUT2D eigenvalue weighted by atomic mass is 10.0. The van der Waals surface area contributed by atoms with E-state index < -0.39 is 0 Å². The summed E-state index contributed by atoms with van der Waals surface area (Å²) >= 11 is 1.30. The van der Waals surface area contributed by atoms with Gasteiger partial charge in [-0.3, -0.25) is 4.79 Å². The fraction of sp³-hybridized carbons (Fsp3) is 0.286. The van der Waals surface area contributed by atoms with Crippen molar-refractivity contribution in [3.8, 4) is 11.4 Å². The molecule has 0 aliphatic rings. The predicted octanol–water partition coefficient (Wildman–Crippen LogP) is 4.02. The standard InChI is InChI=1S/C21H23FN4OS/c1-14(16-9-5-4-6-10-16)13-23-20(27)15(2)28-21-25-24-19(26(21)3)17-11-7-8-12-18(17)22/h4-12,14-15H,13H2,1-3H3,(H,23,27). The van der Waals surface area contributed by atoms with Gasteiger partial charge in [0.1, 0.15) is 5.82 Å². The van der Waals surface area contributed by atoms with Crippen LogP contribution in [0.1, 0.15) is 25.3 Å². The van der Waals surface area contributed by atoms with Crippen LogP contribution < -0.4 is 5.32 Å². The molecule has 28 heavy (non-hydrogen) atoms. The number of hydrogen-bond donors (Lipinski definition) is 1. The molecule has 1 amide bonds. The van der Waals surface area contributed by atoms with Crippen LogP contribution in [0.4, 0.5) is 4.39 Å². The highest BCUT2D eigenvalue weighted by molar-refractivity contribution is 8.00. The van der Waals surface area contributed by atoms with Crippen LogP contribution in [0.5, 0.6) is 0 Å². The van der Waals surface area contributed by atoms with Gasteiger partial charge in [0.2, 0.25) is 5.91 Å². The Kier molecular flexibility index (Phi) is 6.46. The lowest BCUT2D eigenvalue weighted by Crippen LogP contribution is -2.33. The maximum atomic E-state index is 14.0. The molecule has 146 valence electrons. The number of hydrogen-bond acceptors (Lipinski definition) is 4. The molecule has 0 fully saturated rings. The highest BCUT2D eigenvalue weighted by atomic mass is 32.2. The Morgan fingerprint density at radius 2 is 1.79 bits per heavy atom. The summed E-state index contributed by atoms with van der Waals surface area (Å²) in [5, 5.41) is 11.4. The highest BCUT2D eigenvalue weighted by Crippen LogP contribution is 2.27. The zero-order valence-corrected chi connectivity index (χ0v) is 16.9. The number of benzene rings is 2. The topological polar surface area (TPSA) is 59.8 Å². The Balaban J connectivity index is 1.61. The first-order valence-electron chi connectivity index (χ1n) is 9.11. The van der Waals surface area contributed by atoms with Gasteiger partial charge in [-0.25, -0.2) is 4.39 Å². The number of halogens is 1. The molecule has 2 aromatic carbocycles. The molecule has 0 radical (unpaired) electrons. The van der Waals surface area contributed by atoms with E-state index in [0.717, 1.165) is 0 Å². The molecule has 2 atom stereocenters. The van der Waals surface area contributed by atoms with E-state index in [4.69, 9.17) is 0 Å². The third kappa shape index (κ3) is 4.59. The molecule has 0 spiro atoms. The number of nitrogens with zero attached hydrogens (tertiary/aromatic N) is 3. The number of aromatic nitrogens is 3. The summed E-state index contributed by atoms with van der Waals surface area (Å²) in [6.07, 6.45) is 0. The molecule has 7 heteroatoms. The molecule has 2 unspecified atom stereocenters. The molecule has 0 saturated carbocycles. The van der Waals surface area contributed by atoms with Gasteiger partial charge in [-0.2, -0.15) is 0 Å². The van der Waals surface area contributed by atoms with Crippen molar-refractivity contribution in [1.82, 2.24) is 20.1 Å². The molecule has 0 saturated heterocycles. The average Bonchev–Trinajstić information content (AvgIpc) is 3.07. The molecule has 0 aliphatic carbocycles. The minimum atomic E-state index is -0.352. The summed E-state index contributed by atoms with van der Waals surface area (Å²) in [6, 6.07) is 16.5. The number of carbonyl (C=O) groups excluding carboxylic acids is 1. The van der Waals surface area contributed by atoms with Crippen molar-refractivity contribution in [2.75, 3.05) is 6.54 Å². The van der Waals surface area contributed by atoms with Gasteiger partial charge < -0.3 is 9.88 Å².